The molecule has 1 saturated carbocycles. The Balaban J connectivity index is 1.49. The molecule has 2 atom stereocenters. The second-order valence-corrected chi connectivity index (χ2v) is 9.94. The number of hydrogen-bond donors (Lipinski definition) is 1. The first kappa shape index (κ1) is 20.6. The van der Waals surface area contributed by atoms with Crippen molar-refractivity contribution in [2.24, 2.45) is 5.92 Å². The first-order valence-corrected chi connectivity index (χ1v) is 11.5. The van der Waals surface area contributed by atoms with Crippen molar-refractivity contribution in [3.8, 4) is 0 Å². The standard InChI is InChI=1S/C19H28ClN3O3S/c1-15-4-2-3-5-18(15)21-19(24)14-22-10-12-23(13-11-22)27(25,26)17-8-6-16(20)7-9-17/h6-9,15,18H,2-5,10-14H2,1H3,(H,21,24)/t15-,18-/m0/s1. The summed E-state index contributed by atoms with van der Waals surface area (Å²) in [6.45, 7) is 4.42. The number of hydrogen-bond acceptors (Lipinski definition) is 4. The molecule has 150 valence electrons. The molecule has 0 unspecified atom stereocenters. The molecule has 1 aliphatic carbocycles. The van der Waals surface area contributed by atoms with Crippen LogP contribution in [0.5, 0.6) is 0 Å². The highest BCUT2D eigenvalue weighted by Crippen LogP contribution is 2.24. The van der Waals surface area contributed by atoms with Gasteiger partial charge in [-0.3, -0.25) is 9.69 Å². The Bertz CT molecular complexity index is 746. The molecule has 1 aromatic carbocycles. The van der Waals surface area contributed by atoms with Gasteiger partial charge in [-0.25, -0.2) is 8.42 Å². The van der Waals surface area contributed by atoms with Crippen LogP contribution >= 0.6 is 11.6 Å². The molecule has 0 aromatic heterocycles. The van der Waals surface area contributed by atoms with E-state index in [0.717, 1.165) is 6.42 Å². The smallest absolute Gasteiger partial charge is 0.243 e. The van der Waals surface area contributed by atoms with Gasteiger partial charge in [0.15, 0.2) is 0 Å². The zero-order valence-corrected chi connectivity index (χ0v) is 17.3. The minimum absolute atomic E-state index is 0.0442. The van der Waals surface area contributed by atoms with Gasteiger partial charge in [0.25, 0.3) is 0 Å². The fourth-order valence-electron chi connectivity index (χ4n) is 3.87. The first-order valence-electron chi connectivity index (χ1n) is 9.64. The van der Waals surface area contributed by atoms with Crippen molar-refractivity contribution in [1.29, 1.82) is 0 Å². The van der Waals surface area contributed by atoms with Crippen LogP contribution in [0.4, 0.5) is 0 Å². The van der Waals surface area contributed by atoms with Crippen LogP contribution in [-0.2, 0) is 14.8 Å². The summed E-state index contributed by atoms with van der Waals surface area (Å²) in [5.74, 6) is 0.576. The molecule has 1 saturated heterocycles. The lowest BCUT2D eigenvalue weighted by Crippen LogP contribution is -2.52. The van der Waals surface area contributed by atoms with Gasteiger partial charge in [-0.1, -0.05) is 31.4 Å². The van der Waals surface area contributed by atoms with Crippen molar-refractivity contribution in [2.45, 2.75) is 43.5 Å². The van der Waals surface area contributed by atoms with Crippen LogP contribution in [0.3, 0.4) is 0 Å². The van der Waals surface area contributed by atoms with Gasteiger partial charge in [-0.05, 0) is 43.0 Å². The summed E-state index contributed by atoms with van der Waals surface area (Å²) in [4.78, 5) is 14.6. The first-order chi connectivity index (χ1) is 12.9. The average Bonchev–Trinajstić information content (AvgIpc) is 2.64. The molecule has 1 aromatic rings. The number of nitrogens with one attached hydrogen (secondary N) is 1. The van der Waals surface area contributed by atoms with Crippen molar-refractivity contribution in [3.05, 3.63) is 29.3 Å². The summed E-state index contributed by atoms with van der Waals surface area (Å²) >= 11 is 5.84. The van der Waals surface area contributed by atoms with E-state index in [2.05, 4.69) is 12.2 Å². The zero-order valence-electron chi connectivity index (χ0n) is 15.7. The SMILES string of the molecule is C[C@H]1CCCC[C@@H]1NC(=O)CN1CCN(S(=O)(=O)c2ccc(Cl)cc2)CC1. The third-order valence-corrected chi connectivity index (χ3v) is 7.77. The van der Waals surface area contributed by atoms with Crippen molar-refractivity contribution in [2.75, 3.05) is 32.7 Å². The molecule has 8 heteroatoms. The number of carbonyl (C=O) groups excluding carboxylic acids is 1. The number of carbonyl (C=O) groups is 1. The fourth-order valence-corrected chi connectivity index (χ4v) is 5.42. The number of halogens is 1. The van der Waals surface area contributed by atoms with Gasteiger partial charge in [0, 0.05) is 37.2 Å². The van der Waals surface area contributed by atoms with Crippen LogP contribution in [-0.4, -0.2) is 62.3 Å². The maximum atomic E-state index is 12.7. The van der Waals surface area contributed by atoms with Crippen LogP contribution < -0.4 is 5.32 Å². The monoisotopic (exact) mass is 413 g/mol. The summed E-state index contributed by atoms with van der Waals surface area (Å²) in [7, 11) is -3.51. The van der Waals surface area contributed by atoms with Crippen molar-refractivity contribution in [3.63, 3.8) is 0 Å². The molecular formula is C19H28ClN3O3S. The van der Waals surface area contributed by atoms with E-state index in [-0.39, 0.29) is 16.8 Å². The van der Waals surface area contributed by atoms with Gasteiger partial charge in [0.1, 0.15) is 0 Å². The predicted molar refractivity (Wildman–Crippen MR) is 106 cm³/mol. The third-order valence-electron chi connectivity index (χ3n) is 5.61. The topological polar surface area (TPSA) is 69.7 Å². The van der Waals surface area contributed by atoms with Gasteiger partial charge >= 0.3 is 0 Å². The lowest BCUT2D eigenvalue weighted by molar-refractivity contribution is -0.123. The van der Waals surface area contributed by atoms with E-state index in [0.29, 0.717) is 43.7 Å². The molecule has 0 spiro atoms. The summed E-state index contributed by atoms with van der Waals surface area (Å²) in [5.41, 5.74) is 0. The Labute approximate surface area is 166 Å². The Morgan fingerprint density at radius 2 is 1.74 bits per heavy atom. The van der Waals surface area contributed by atoms with Gasteiger partial charge in [0.2, 0.25) is 15.9 Å². The Hall–Kier alpha value is -1.15. The van der Waals surface area contributed by atoms with Crippen LogP contribution in [0.25, 0.3) is 0 Å². The Kier molecular flexibility index (Phi) is 6.78. The second-order valence-electron chi connectivity index (χ2n) is 7.57. The van der Waals surface area contributed by atoms with E-state index in [9.17, 15) is 13.2 Å². The number of piperazine rings is 1. The maximum absolute atomic E-state index is 12.7. The van der Waals surface area contributed by atoms with Crippen LogP contribution in [0.2, 0.25) is 5.02 Å². The number of sulfonamides is 1. The molecule has 2 aliphatic rings. The van der Waals surface area contributed by atoms with E-state index in [1.165, 1.54) is 35.7 Å². The van der Waals surface area contributed by atoms with Gasteiger partial charge in [-0.2, -0.15) is 4.31 Å². The molecule has 1 aliphatic heterocycles. The quantitative estimate of drug-likeness (QED) is 0.804. The highest BCUT2D eigenvalue weighted by molar-refractivity contribution is 7.89. The number of amides is 1. The second kappa shape index (κ2) is 8.90. The summed E-state index contributed by atoms with van der Waals surface area (Å²) in [6, 6.07) is 6.51. The highest BCUT2D eigenvalue weighted by Gasteiger charge is 2.30. The lowest BCUT2D eigenvalue weighted by atomic mass is 9.86. The number of nitrogens with zero attached hydrogens (tertiary/aromatic N) is 2. The maximum Gasteiger partial charge on any atom is 0.243 e. The molecule has 1 amide bonds. The zero-order chi connectivity index (χ0) is 19.4. The number of benzene rings is 1. The van der Waals surface area contributed by atoms with Crippen molar-refractivity contribution < 1.29 is 13.2 Å². The van der Waals surface area contributed by atoms with E-state index in [1.54, 1.807) is 12.1 Å². The minimum Gasteiger partial charge on any atom is -0.352 e. The van der Waals surface area contributed by atoms with Crippen LogP contribution in [0, 0.1) is 5.92 Å². The Morgan fingerprint density at radius 3 is 2.37 bits per heavy atom. The largest absolute Gasteiger partial charge is 0.352 e. The summed E-state index contributed by atoms with van der Waals surface area (Å²) in [5, 5.41) is 3.67. The molecular weight excluding hydrogens is 386 g/mol. The van der Waals surface area contributed by atoms with Gasteiger partial charge < -0.3 is 5.32 Å². The van der Waals surface area contributed by atoms with E-state index >= 15 is 0 Å². The minimum atomic E-state index is -3.51. The van der Waals surface area contributed by atoms with Gasteiger partial charge in [0.05, 0.1) is 11.4 Å². The molecule has 1 N–H and O–H groups in total. The molecule has 3 rings (SSSR count). The average molecular weight is 414 g/mol. The number of rotatable bonds is 5. The normalized spacial score (nSPS) is 25.3. The molecule has 27 heavy (non-hydrogen) atoms. The highest BCUT2D eigenvalue weighted by atomic mass is 35.5. The van der Waals surface area contributed by atoms with Crippen LogP contribution in [0.15, 0.2) is 29.2 Å². The van der Waals surface area contributed by atoms with Crippen molar-refractivity contribution >= 4 is 27.5 Å². The van der Waals surface area contributed by atoms with Crippen molar-refractivity contribution in [1.82, 2.24) is 14.5 Å². The predicted octanol–water partition coefficient (Wildman–Crippen LogP) is 2.34. The summed E-state index contributed by atoms with van der Waals surface area (Å²) in [6.07, 6.45) is 4.65. The summed E-state index contributed by atoms with van der Waals surface area (Å²) < 4.78 is 26.9. The van der Waals surface area contributed by atoms with Crippen LogP contribution in [0.1, 0.15) is 32.6 Å². The molecule has 0 bridgehead atoms. The molecule has 2 fully saturated rings. The molecule has 6 nitrogen and oxygen atoms in total. The molecule has 0 radical (unpaired) electrons. The lowest BCUT2D eigenvalue weighted by Gasteiger charge is -2.34. The third kappa shape index (κ3) is 5.22. The van der Waals surface area contributed by atoms with E-state index < -0.39 is 10.0 Å². The van der Waals surface area contributed by atoms with Gasteiger partial charge in [-0.15, -0.1) is 0 Å². The molecule has 1 heterocycles. The fraction of sp³-hybridized carbons (Fsp3) is 0.632. The van der Waals surface area contributed by atoms with E-state index in [1.807, 2.05) is 4.90 Å². The Morgan fingerprint density at radius 1 is 1.11 bits per heavy atom. The van der Waals surface area contributed by atoms with E-state index in [4.69, 9.17) is 11.6 Å².